The van der Waals surface area contributed by atoms with Crippen LogP contribution in [0.3, 0.4) is 0 Å². The van der Waals surface area contributed by atoms with Crippen LogP contribution in [0, 0.1) is 5.41 Å². The molecule has 1 heterocycles. The molecule has 0 aromatic carbocycles. The largest absolute Gasteiger partial charge is 0.385 e. The van der Waals surface area contributed by atoms with Crippen molar-refractivity contribution in [1.29, 1.82) is 0 Å². The first-order valence-corrected chi connectivity index (χ1v) is 10.4. The van der Waals surface area contributed by atoms with Gasteiger partial charge < -0.3 is 15.4 Å². The molecule has 0 spiro atoms. The number of rotatable bonds is 10. The topological polar surface area (TPSA) is 58.5 Å². The fourth-order valence-corrected chi connectivity index (χ4v) is 3.95. The zero-order chi connectivity index (χ0) is 18.1. The lowest BCUT2D eigenvalue weighted by molar-refractivity contribution is 0.0778. The number of thiazole rings is 1. The van der Waals surface area contributed by atoms with Crippen LogP contribution in [0.5, 0.6) is 0 Å². The lowest BCUT2D eigenvalue weighted by Crippen LogP contribution is -2.41. The summed E-state index contributed by atoms with van der Waals surface area (Å²) in [5.41, 5.74) is 1.53. The van der Waals surface area contributed by atoms with Crippen LogP contribution in [-0.4, -0.2) is 44.3 Å². The lowest BCUT2D eigenvalue weighted by atomic mass is 9.67. The van der Waals surface area contributed by atoms with Gasteiger partial charge in [0.1, 0.15) is 0 Å². The second-order valence-corrected chi connectivity index (χ2v) is 8.19. The number of aromatic nitrogens is 1. The van der Waals surface area contributed by atoms with Crippen LogP contribution < -0.4 is 10.6 Å². The first-order chi connectivity index (χ1) is 12.1. The Hall–Kier alpha value is -1.14. The van der Waals surface area contributed by atoms with Gasteiger partial charge in [-0.25, -0.2) is 4.98 Å². The summed E-state index contributed by atoms with van der Waals surface area (Å²) >= 11 is 1.76. The van der Waals surface area contributed by atoms with Crippen LogP contribution in [0.4, 0.5) is 0 Å². The molecular formula is C19H34N4OS. The third-order valence-electron chi connectivity index (χ3n) is 4.90. The zero-order valence-corrected chi connectivity index (χ0v) is 17.0. The summed E-state index contributed by atoms with van der Waals surface area (Å²) in [6.45, 7) is 9.95. The summed E-state index contributed by atoms with van der Waals surface area (Å²) in [5.74, 6) is 1.43. The molecule has 0 unspecified atom stereocenters. The van der Waals surface area contributed by atoms with E-state index in [9.17, 15) is 0 Å². The van der Waals surface area contributed by atoms with Crippen LogP contribution in [-0.2, 0) is 11.2 Å². The van der Waals surface area contributed by atoms with Gasteiger partial charge in [-0.05, 0) is 31.6 Å². The highest BCUT2D eigenvalue weighted by Gasteiger charge is 2.36. The maximum atomic E-state index is 5.27. The van der Waals surface area contributed by atoms with Gasteiger partial charge in [0.25, 0.3) is 0 Å². The van der Waals surface area contributed by atoms with E-state index in [0.29, 0.717) is 11.3 Å². The Kier molecular flexibility index (Phi) is 8.16. The van der Waals surface area contributed by atoms with Crippen LogP contribution in [0.25, 0.3) is 0 Å². The molecule has 1 aromatic heterocycles. The van der Waals surface area contributed by atoms with Crippen LogP contribution >= 0.6 is 11.3 Å². The summed E-state index contributed by atoms with van der Waals surface area (Å²) in [6.07, 6.45) is 5.92. The minimum atomic E-state index is 0.361. The van der Waals surface area contributed by atoms with Gasteiger partial charge in [0.05, 0.1) is 10.7 Å². The maximum absolute atomic E-state index is 5.27. The van der Waals surface area contributed by atoms with Gasteiger partial charge in [0.15, 0.2) is 5.96 Å². The van der Waals surface area contributed by atoms with Crippen molar-refractivity contribution in [3.63, 3.8) is 0 Å². The van der Waals surface area contributed by atoms with E-state index < -0.39 is 0 Å². The smallest absolute Gasteiger partial charge is 0.191 e. The zero-order valence-electron chi connectivity index (χ0n) is 16.2. The highest BCUT2D eigenvalue weighted by Crippen LogP contribution is 2.44. The van der Waals surface area contributed by atoms with E-state index in [1.807, 2.05) is 0 Å². The van der Waals surface area contributed by atoms with Crippen molar-refractivity contribution in [2.75, 3.05) is 33.4 Å². The average molecular weight is 367 g/mol. The predicted octanol–water partition coefficient (Wildman–Crippen LogP) is 3.57. The molecule has 1 fully saturated rings. The van der Waals surface area contributed by atoms with Gasteiger partial charge in [-0.3, -0.25) is 4.99 Å². The first-order valence-electron chi connectivity index (χ1n) is 9.54. The van der Waals surface area contributed by atoms with Gasteiger partial charge in [-0.15, -0.1) is 11.3 Å². The molecule has 2 N–H and O–H groups in total. The second kappa shape index (κ2) is 10.1. The van der Waals surface area contributed by atoms with E-state index in [1.54, 1.807) is 18.4 Å². The number of nitrogens with zero attached hydrogens (tertiary/aromatic N) is 2. The summed E-state index contributed by atoms with van der Waals surface area (Å²) < 4.78 is 5.27. The van der Waals surface area contributed by atoms with Crippen LogP contribution in [0.15, 0.2) is 10.4 Å². The normalized spacial score (nSPS) is 16.8. The van der Waals surface area contributed by atoms with Gasteiger partial charge in [-0.2, -0.15) is 0 Å². The molecule has 0 bridgehead atoms. The van der Waals surface area contributed by atoms with Gasteiger partial charge in [0, 0.05) is 51.1 Å². The SMILES string of the molecule is CCNC(=NCC1(CCOC)CCC1)NCCc1csc(C(C)C)n1. The summed E-state index contributed by atoms with van der Waals surface area (Å²) in [5, 5.41) is 10.2. The molecule has 1 aromatic rings. The monoisotopic (exact) mass is 366 g/mol. The summed E-state index contributed by atoms with van der Waals surface area (Å²) in [6, 6.07) is 0. The van der Waals surface area contributed by atoms with Crippen molar-refractivity contribution >= 4 is 17.3 Å². The summed E-state index contributed by atoms with van der Waals surface area (Å²) in [4.78, 5) is 9.54. The third kappa shape index (κ3) is 6.26. The predicted molar refractivity (Wildman–Crippen MR) is 107 cm³/mol. The molecule has 6 heteroatoms. The molecule has 1 aliphatic carbocycles. The number of nitrogens with one attached hydrogen (secondary N) is 2. The second-order valence-electron chi connectivity index (χ2n) is 7.30. The Labute approximate surface area is 156 Å². The van der Waals surface area contributed by atoms with E-state index in [2.05, 4.69) is 36.8 Å². The molecular weight excluding hydrogens is 332 g/mol. The minimum absolute atomic E-state index is 0.361. The van der Waals surface area contributed by atoms with Gasteiger partial charge >= 0.3 is 0 Å². The van der Waals surface area contributed by atoms with Crippen molar-refractivity contribution in [2.24, 2.45) is 10.4 Å². The van der Waals surface area contributed by atoms with Gasteiger partial charge in [0.2, 0.25) is 0 Å². The van der Waals surface area contributed by atoms with E-state index in [1.165, 1.54) is 30.0 Å². The summed E-state index contributed by atoms with van der Waals surface area (Å²) in [7, 11) is 1.78. The van der Waals surface area contributed by atoms with E-state index in [-0.39, 0.29) is 0 Å². The Bertz CT molecular complexity index is 537. The molecule has 0 saturated heterocycles. The maximum Gasteiger partial charge on any atom is 0.191 e. The molecule has 1 aliphatic rings. The number of hydrogen-bond acceptors (Lipinski definition) is 4. The van der Waals surface area contributed by atoms with Crippen molar-refractivity contribution in [3.8, 4) is 0 Å². The van der Waals surface area contributed by atoms with E-state index in [0.717, 1.165) is 45.0 Å². The highest BCUT2D eigenvalue weighted by atomic mass is 32.1. The lowest BCUT2D eigenvalue weighted by Gasteiger charge is -2.40. The number of hydrogen-bond donors (Lipinski definition) is 2. The Morgan fingerprint density at radius 3 is 2.76 bits per heavy atom. The number of guanidine groups is 1. The highest BCUT2D eigenvalue weighted by molar-refractivity contribution is 7.09. The fourth-order valence-electron chi connectivity index (χ4n) is 3.08. The Morgan fingerprint density at radius 1 is 1.40 bits per heavy atom. The standard InChI is InChI=1S/C19H34N4OS/c1-5-20-18(22-14-19(8-6-9-19)10-12-24-4)21-11-7-16-13-25-17(23-16)15(2)3/h13,15H,5-12,14H2,1-4H3,(H2,20,21,22). The molecule has 1 saturated carbocycles. The average Bonchev–Trinajstić information content (AvgIpc) is 3.02. The molecule has 2 rings (SSSR count). The van der Waals surface area contributed by atoms with Crippen molar-refractivity contribution in [3.05, 3.63) is 16.1 Å². The van der Waals surface area contributed by atoms with Crippen molar-refractivity contribution in [2.45, 2.75) is 58.8 Å². The van der Waals surface area contributed by atoms with Crippen LogP contribution in [0.1, 0.15) is 63.1 Å². The third-order valence-corrected chi connectivity index (χ3v) is 6.10. The van der Waals surface area contributed by atoms with E-state index >= 15 is 0 Å². The number of ether oxygens (including phenoxy) is 1. The first kappa shape index (κ1) is 20.2. The van der Waals surface area contributed by atoms with Crippen LogP contribution in [0.2, 0.25) is 0 Å². The number of methoxy groups -OCH3 is 1. The molecule has 0 atom stereocenters. The molecule has 0 aliphatic heterocycles. The fraction of sp³-hybridized carbons (Fsp3) is 0.789. The van der Waals surface area contributed by atoms with Crippen molar-refractivity contribution < 1.29 is 4.74 Å². The quantitative estimate of drug-likeness (QED) is 0.491. The molecule has 0 radical (unpaired) electrons. The van der Waals surface area contributed by atoms with Crippen molar-refractivity contribution in [1.82, 2.24) is 15.6 Å². The van der Waals surface area contributed by atoms with E-state index in [4.69, 9.17) is 14.7 Å². The Morgan fingerprint density at radius 2 is 2.20 bits per heavy atom. The van der Waals surface area contributed by atoms with Gasteiger partial charge in [-0.1, -0.05) is 20.3 Å². The molecule has 25 heavy (non-hydrogen) atoms. The molecule has 5 nitrogen and oxygen atoms in total. The Balaban J connectivity index is 1.82. The number of aliphatic imine (C=N–C) groups is 1. The minimum Gasteiger partial charge on any atom is -0.385 e. The molecule has 0 amide bonds. The molecule has 142 valence electrons.